The highest BCUT2D eigenvalue weighted by Gasteiger charge is 2.18. The number of nitrogens with zero attached hydrogens (tertiary/aromatic N) is 3. The Morgan fingerprint density at radius 3 is 2.89 bits per heavy atom. The van der Waals surface area contributed by atoms with Crippen molar-refractivity contribution in [2.75, 3.05) is 18.9 Å². The molecule has 0 spiro atoms. The maximum absolute atomic E-state index is 12.3. The second-order valence-corrected chi connectivity index (χ2v) is 4.61. The van der Waals surface area contributed by atoms with E-state index in [1.165, 1.54) is 11.0 Å². The average molecular weight is 281 g/mol. The molecule has 0 saturated heterocycles. The molecule has 1 unspecified atom stereocenters. The number of aromatic nitrogens is 1. The summed E-state index contributed by atoms with van der Waals surface area (Å²) >= 11 is 5.90. The van der Waals surface area contributed by atoms with E-state index in [0.29, 0.717) is 24.3 Å². The Morgan fingerprint density at radius 1 is 1.63 bits per heavy atom. The summed E-state index contributed by atoms with van der Waals surface area (Å²) in [5.41, 5.74) is 0.461. The van der Waals surface area contributed by atoms with Crippen LogP contribution < -0.4 is 5.32 Å². The number of nitrogens with one attached hydrogen (secondary N) is 1. The van der Waals surface area contributed by atoms with Gasteiger partial charge in [0.15, 0.2) is 0 Å². The van der Waals surface area contributed by atoms with E-state index in [9.17, 15) is 4.79 Å². The number of rotatable bonds is 5. The van der Waals surface area contributed by atoms with Crippen molar-refractivity contribution >= 4 is 23.3 Å². The van der Waals surface area contributed by atoms with Crippen LogP contribution in [0.25, 0.3) is 0 Å². The monoisotopic (exact) mass is 280 g/mol. The van der Waals surface area contributed by atoms with E-state index in [-0.39, 0.29) is 17.1 Å². The Labute approximate surface area is 118 Å². The molecular weight excluding hydrogens is 264 g/mol. The van der Waals surface area contributed by atoms with Gasteiger partial charge >= 0.3 is 0 Å². The van der Waals surface area contributed by atoms with Crippen molar-refractivity contribution in [1.29, 1.82) is 5.26 Å². The number of carbonyl (C=O) groups excluding carboxylic acids is 1. The van der Waals surface area contributed by atoms with Crippen molar-refractivity contribution in [3.63, 3.8) is 0 Å². The quantitative estimate of drug-likeness (QED) is 0.842. The van der Waals surface area contributed by atoms with E-state index < -0.39 is 0 Å². The molecule has 19 heavy (non-hydrogen) atoms. The summed E-state index contributed by atoms with van der Waals surface area (Å²) < 4.78 is 0. The maximum Gasteiger partial charge on any atom is 0.254 e. The molecule has 1 N–H and O–H groups in total. The van der Waals surface area contributed by atoms with Gasteiger partial charge < -0.3 is 10.2 Å². The summed E-state index contributed by atoms with van der Waals surface area (Å²) in [4.78, 5) is 17.9. The van der Waals surface area contributed by atoms with Crippen LogP contribution in [0.4, 0.5) is 5.82 Å². The lowest BCUT2D eigenvalue weighted by Gasteiger charge is -2.23. The standard InChI is InChI=1S/C13H17ClN4O/c1-4-16-12-8-10(7-11(14)17-12)13(19)18(3)9(2)5-6-15/h7-9H,4-5H2,1-3H3,(H,16,17). The zero-order valence-corrected chi connectivity index (χ0v) is 12.0. The Bertz CT molecular complexity index is 498. The Hall–Kier alpha value is -1.80. The van der Waals surface area contributed by atoms with E-state index in [4.69, 9.17) is 16.9 Å². The molecule has 1 aromatic heterocycles. The fourth-order valence-electron chi connectivity index (χ4n) is 1.56. The molecule has 1 atom stereocenters. The number of halogens is 1. The summed E-state index contributed by atoms with van der Waals surface area (Å²) in [7, 11) is 1.67. The predicted octanol–water partition coefficient (Wildman–Crippen LogP) is 2.54. The number of hydrogen-bond acceptors (Lipinski definition) is 4. The first kappa shape index (κ1) is 15.3. The first-order valence-electron chi connectivity index (χ1n) is 6.05. The van der Waals surface area contributed by atoms with E-state index >= 15 is 0 Å². The maximum atomic E-state index is 12.3. The molecule has 5 nitrogen and oxygen atoms in total. The second kappa shape index (κ2) is 6.95. The van der Waals surface area contributed by atoms with Crippen molar-refractivity contribution in [2.45, 2.75) is 26.3 Å². The summed E-state index contributed by atoms with van der Waals surface area (Å²) in [6.07, 6.45) is 0.293. The number of hydrogen-bond donors (Lipinski definition) is 1. The van der Waals surface area contributed by atoms with E-state index in [1.54, 1.807) is 13.1 Å². The van der Waals surface area contributed by atoms with Crippen LogP contribution in [0.15, 0.2) is 12.1 Å². The van der Waals surface area contributed by atoms with Crippen molar-refractivity contribution in [2.24, 2.45) is 0 Å². The molecule has 6 heteroatoms. The highest BCUT2D eigenvalue weighted by atomic mass is 35.5. The molecule has 1 heterocycles. The summed E-state index contributed by atoms with van der Waals surface area (Å²) in [6.45, 7) is 4.46. The van der Waals surface area contributed by atoms with Crippen LogP contribution in [0.3, 0.4) is 0 Å². The van der Waals surface area contributed by atoms with Gasteiger partial charge in [0.2, 0.25) is 0 Å². The lowest BCUT2D eigenvalue weighted by molar-refractivity contribution is 0.0746. The SMILES string of the molecule is CCNc1cc(C(=O)N(C)C(C)CC#N)cc(Cl)n1. The van der Waals surface area contributed by atoms with Gasteiger partial charge in [-0.3, -0.25) is 4.79 Å². The Morgan fingerprint density at radius 2 is 2.32 bits per heavy atom. The van der Waals surface area contributed by atoms with E-state index in [2.05, 4.69) is 16.4 Å². The third-order valence-corrected chi connectivity index (χ3v) is 2.96. The van der Waals surface area contributed by atoms with Gasteiger partial charge in [-0.1, -0.05) is 11.6 Å². The molecule has 0 aliphatic heterocycles. The molecule has 1 amide bonds. The van der Waals surface area contributed by atoms with Crippen LogP contribution in [0.2, 0.25) is 5.15 Å². The Kier molecular flexibility index (Phi) is 5.58. The normalized spacial score (nSPS) is 11.5. The molecule has 0 aromatic carbocycles. The summed E-state index contributed by atoms with van der Waals surface area (Å²) in [5, 5.41) is 12.0. The highest BCUT2D eigenvalue weighted by molar-refractivity contribution is 6.29. The van der Waals surface area contributed by atoms with E-state index in [0.717, 1.165) is 0 Å². The molecule has 0 radical (unpaired) electrons. The first-order valence-corrected chi connectivity index (χ1v) is 6.43. The van der Waals surface area contributed by atoms with Crippen molar-refractivity contribution < 1.29 is 4.79 Å². The van der Waals surface area contributed by atoms with Gasteiger partial charge in [0.1, 0.15) is 11.0 Å². The largest absolute Gasteiger partial charge is 0.370 e. The van der Waals surface area contributed by atoms with Crippen molar-refractivity contribution in [3.05, 3.63) is 22.8 Å². The van der Waals surface area contributed by atoms with Gasteiger partial charge in [-0.25, -0.2) is 4.98 Å². The lowest BCUT2D eigenvalue weighted by atomic mass is 10.1. The lowest BCUT2D eigenvalue weighted by Crippen LogP contribution is -2.34. The number of anilines is 1. The number of nitriles is 1. The third kappa shape index (κ3) is 4.11. The molecule has 1 aromatic rings. The van der Waals surface area contributed by atoms with Crippen LogP contribution in [0, 0.1) is 11.3 Å². The van der Waals surface area contributed by atoms with Crippen molar-refractivity contribution in [3.8, 4) is 6.07 Å². The first-order chi connectivity index (χ1) is 8.99. The van der Waals surface area contributed by atoms with Crippen LogP contribution in [-0.4, -0.2) is 35.4 Å². The van der Waals surface area contributed by atoms with Gasteiger partial charge in [-0.15, -0.1) is 0 Å². The molecule has 102 valence electrons. The predicted molar refractivity (Wildman–Crippen MR) is 75.2 cm³/mol. The molecular formula is C13H17ClN4O. The minimum atomic E-state index is -0.175. The highest BCUT2D eigenvalue weighted by Crippen LogP contribution is 2.17. The van der Waals surface area contributed by atoms with Crippen LogP contribution in [0.5, 0.6) is 0 Å². The zero-order valence-electron chi connectivity index (χ0n) is 11.3. The summed E-state index contributed by atoms with van der Waals surface area (Å²) in [5.74, 6) is 0.394. The van der Waals surface area contributed by atoms with Gasteiger partial charge in [-0.05, 0) is 26.0 Å². The molecule has 1 rings (SSSR count). The van der Waals surface area contributed by atoms with Crippen molar-refractivity contribution in [1.82, 2.24) is 9.88 Å². The van der Waals surface area contributed by atoms with Gasteiger partial charge in [0, 0.05) is 25.2 Å². The number of pyridine rings is 1. The Balaban J connectivity index is 2.96. The minimum Gasteiger partial charge on any atom is -0.370 e. The van der Waals surface area contributed by atoms with Gasteiger partial charge in [0.25, 0.3) is 5.91 Å². The molecule has 0 aliphatic carbocycles. The fraction of sp³-hybridized carbons (Fsp3) is 0.462. The average Bonchev–Trinajstić information content (AvgIpc) is 2.37. The fourth-order valence-corrected chi connectivity index (χ4v) is 1.77. The second-order valence-electron chi connectivity index (χ2n) is 4.22. The van der Waals surface area contributed by atoms with Gasteiger partial charge in [0.05, 0.1) is 12.5 Å². The molecule has 0 aliphatic rings. The van der Waals surface area contributed by atoms with Crippen LogP contribution in [0.1, 0.15) is 30.6 Å². The summed E-state index contributed by atoms with van der Waals surface area (Å²) in [6, 6.07) is 5.09. The topological polar surface area (TPSA) is 69.0 Å². The number of carbonyl (C=O) groups is 1. The van der Waals surface area contributed by atoms with Crippen LogP contribution >= 0.6 is 11.6 Å². The number of amides is 1. The van der Waals surface area contributed by atoms with Crippen LogP contribution in [-0.2, 0) is 0 Å². The minimum absolute atomic E-state index is 0.146. The smallest absolute Gasteiger partial charge is 0.254 e. The zero-order chi connectivity index (χ0) is 14.4. The molecule has 0 saturated carbocycles. The van der Waals surface area contributed by atoms with Gasteiger partial charge in [-0.2, -0.15) is 5.26 Å². The van der Waals surface area contributed by atoms with E-state index in [1.807, 2.05) is 13.8 Å². The third-order valence-electron chi connectivity index (χ3n) is 2.77. The molecule has 0 bridgehead atoms. The molecule has 0 fully saturated rings.